The fourth-order valence-electron chi connectivity index (χ4n) is 1.22. The Morgan fingerprint density at radius 2 is 1.86 bits per heavy atom. The Labute approximate surface area is 92.3 Å². The summed E-state index contributed by atoms with van der Waals surface area (Å²) < 4.78 is 0. The molecule has 3 heteroatoms. The third kappa shape index (κ3) is 1.89. The second-order valence-electron chi connectivity index (χ2n) is 2.84. The fraction of sp³-hybridized carbons (Fsp3) is 0. The van der Waals surface area contributed by atoms with Gasteiger partial charge >= 0.3 is 0 Å². The third-order valence-corrected chi connectivity index (χ3v) is 2.43. The number of aromatic nitrogens is 1. The molecule has 14 heavy (non-hydrogen) atoms. The Morgan fingerprint density at radius 3 is 2.57 bits per heavy atom. The highest BCUT2D eigenvalue weighted by Gasteiger charge is 2.04. The summed E-state index contributed by atoms with van der Waals surface area (Å²) in [7, 11) is 0. The van der Waals surface area contributed by atoms with Crippen LogP contribution in [0.4, 0.5) is 0 Å². The first kappa shape index (κ1) is 9.50. The molecule has 0 radical (unpaired) electrons. The third-order valence-electron chi connectivity index (χ3n) is 1.87. The van der Waals surface area contributed by atoms with E-state index in [1.165, 1.54) is 0 Å². The average molecular weight is 224 g/mol. The first-order chi connectivity index (χ1) is 6.77. The van der Waals surface area contributed by atoms with Crippen LogP contribution in [-0.4, -0.2) is 4.98 Å². The normalized spacial score (nSPS) is 10.1. The zero-order chi connectivity index (χ0) is 9.97. The second kappa shape index (κ2) is 3.99. The van der Waals surface area contributed by atoms with Gasteiger partial charge in [0.2, 0.25) is 0 Å². The molecule has 0 aliphatic heterocycles. The molecule has 1 heterocycles. The lowest BCUT2D eigenvalue weighted by molar-refractivity contribution is 1.33. The van der Waals surface area contributed by atoms with E-state index in [4.69, 9.17) is 23.2 Å². The Bertz CT molecular complexity index is 440. The predicted molar refractivity (Wildman–Crippen MR) is 59.7 cm³/mol. The second-order valence-corrected chi connectivity index (χ2v) is 3.68. The molecule has 0 fully saturated rings. The minimum absolute atomic E-state index is 0.660. The van der Waals surface area contributed by atoms with Crippen LogP contribution in [0.5, 0.6) is 0 Å². The molecule has 0 N–H and O–H groups in total. The van der Waals surface area contributed by atoms with E-state index in [0.717, 1.165) is 11.3 Å². The molecular formula is C11H7Cl2N. The molecule has 1 aromatic carbocycles. The number of rotatable bonds is 1. The number of hydrogen-bond acceptors (Lipinski definition) is 1. The van der Waals surface area contributed by atoms with Crippen molar-refractivity contribution >= 4 is 23.2 Å². The Hall–Kier alpha value is -1.05. The van der Waals surface area contributed by atoms with Gasteiger partial charge in [0, 0.05) is 16.8 Å². The Morgan fingerprint density at radius 1 is 1.00 bits per heavy atom. The lowest BCUT2D eigenvalue weighted by Crippen LogP contribution is -1.82. The Kier molecular flexibility index (Phi) is 2.71. The first-order valence-electron chi connectivity index (χ1n) is 4.14. The van der Waals surface area contributed by atoms with Crippen molar-refractivity contribution in [1.82, 2.24) is 4.98 Å². The number of nitrogens with zero attached hydrogens (tertiary/aromatic N) is 1. The zero-order valence-electron chi connectivity index (χ0n) is 7.24. The molecule has 2 rings (SSSR count). The number of pyridine rings is 1. The van der Waals surface area contributed by atoms with Crippen molar-refractivity contribution in [3.05, 3.63) is 52.6 Å². The molecule has 0 saturated heterocycles. The van der Waals surface area contributed by atoms with Gasteiger partial charge in [-0.25, -0.2) is 0 Å². The largest absolute Gasteiger partial charge is 0.256 e. The quantitative estimate of drug-likeness (QED) is 0.711. The van der Waals surface area contributed by atoms with Crippen molar-refractivity contribution in [2.45, 2.75) is 0 Å². The Balaban J connectivity index is 2.57. The number of benzene rings is 1. The zero-order valence-corrected chi connectivity index (χ0v) is 8.76. The molecule has 0 amide bonds. The summed E-state index contributed by atoms with van der Waals surface area (Å²) in [6.45, 7) is 0. The molecule has 2 aromatic rings. The van der Waals surface area contributed by atoms with Crippen LogP contribution in [0, 0.1) is 0 Å². The van der Waals surface area contributed by atoms with E-state index < -0.39 is 0 Å². The minimum Gasteiger partial charge on any atom is -0.256 e. The first-order valence-corrected chi connectivity index (χ1v) is 4.89. The van der Waals surface area contributed by atoms with Crippen molar-refractivity contribution in [2.24, 2.45) is 0 Å². The molecule has 0 aliphatic carbocycles. The van der Waals surface area contributed by atoms with Crippen LogP contribution in [0.2, 0.25) is 10.0 Å². The van der Waals surface area contributed by atoms with E-state index in [0.29, 0.717) is 10.0 Å². The van der Waals surface area contributed by atoms with Crippen molar-refractivity contribution < 1.29 is 0 Å². The van der Waals surface area contributed by atoms with Gasteiger partial charge < -0.3 is 0 Å². The maximum absolute atomic E-state index is 6.03. The van der Waals surface area contributed by atoms with Gasteiger partial charge in [-0.3, -0.25) is 4.98 Å². The highest BCUT2D eigenvalue weighted by Crippen LogP contribution is 2.28. The lowest BCUT2D eigenvalue weighted by Gasteiger charge is -2.03. The average Bonchev–Trinajstić information content (AvgIpc) is 2.23. The smallest absolute Gasteiger partial charge is 0.0717 e. The van der Waals surface area contributed by atoms with E-state index in [1.54, 1.807) is 18.3 Å². The van der Waals surface area contributed by atoms with Crippen LogP contribution in [0.1, 0.15) is 0 Å². The summed E-state index contributed by atoms with van der Waals surface area (Å²) >= 11 is 11.9. The highest BCUT2D eigenvalue weighted by atomic mass is 35.5. The van der Waals surface area contributed by atoms with Gasteiger partial charge in [-0.1, -0.05) is 29.3 Å². The summed E-state index contributed by atoms with van der Waals surface area (Å²) in [6.07, 6.45) is 1.73. The lowest BCUT2D eigenvalue weighted by atomic mass is 10.1. The molecule has 0 saturated carbocycles. The van der Waals surface area contributed by atoms with Crippen LogP contribution in [0.25, 0.3) is 11.3 Å². The van der Waals surface area contributed by atoms with Gasteiger partial charge in [-0.05, 0) is 30.3 Å². The van der Waals surface area contributed by atoms with Gasteiger partial charge in [0.1, 0.15) is 0 Å². The molecule has 70 valence electrons. The molecule has 0 bridgehead atoms. The van der Waals surface area contributed by atoms with Gasteiger partial charge in [0.15, 0.2) is 0 Å². The van der Waals surface area contributed by atoms with Crippen molar-refractivity contribution in [3.63, 3.8) is 0 Å². The fourth-order valence-corrected chi connectivity index (χ4v) is 1.60. The molecule has 1 aromatic heterocycles. The summed E-state index contributed by atoms with van der Waals surface area (Å²) in [6, 6.07) is 11.0. The van der Waals surface area contributed by atoms with Crippen LogP contribution < -0.4 is 0 Å². The van der Waals surface area contributed by atoms with Crippen LogP contribution in [-0.2, 0) is 0 Å². The standard InChI is InChI=1S/C11H7Cl2N/c12-8-4-5-10(13)9(7-8)11-3-1-2-6-14-11/h1-7H. The number of halogens is 2. The van der Waals surface area contributed by atoms with Gasteiger partial charge in [-0.15, -0.1) is 0 Å². The van der Waals surface area contributed by atoms with E-state index in [9.17, 15) is 0 Å². The van der Waals surface area contributed by atoms with E-state index >= 15 is 0 Å². The van der Waals surface area contributed by atoms with Crippen molar-refractivity contribution in [3.8, 4) is 11.3 Å². The predicted octanol–water partition coefficient (Wildman–Crippen LogP) is 4.06. The molecule has 0 spiro atoms. The van der Waals surface area contributed by atoms with Crippen LogP contribution in [0.3, 0.4) is 0 Å². The maximum atomic E-state index is 6.03. The number of hydrogen-bond donors (Lipinski definition) is 0. The van der Waals surface area contributed by atoms with Crippen molar-refractivity contribution in [1.29, 1.82) is 0 Å². The molecule has 0 unspecified atom stereocenters. The van der Waals surface area contributed by atoms with E-state index in [1.807, 2.05) is 24.3 Å². The highest BCUT2D eigenvalue weighted by molar-refractivity contribution is 6.35. The summed E-state index contributed by atoms with van der Waals surface area (Å²) in [5.74, 6) is 0. The summed E-state index contributed by atoms with van der Waals surface area (Å²) in [5.41, 5.74) is 1.69. The SMILES string of the molecule is Clc1ccc(Cl)c(-c2ccccn2)c1. The molecule has 0 atom stereocenters. The molecular weight excluding hydrogens is 217 g/mol. The molecule has 0 aliphatic rings. The van der Waals surface area contributed by atoms with E-state index in [2.05, 4.69) is 4.98 Å². The topological polar surface area (TPSA) is 12.9 Å². The maximum Gasteiger partial charge on any atom is 0.0717 e. The van der Waals surface area contributed by atoms with Gasteiger partial charge in [-0.2, -0.15) is 0 Å². The van der Waals surface area contributed by atoms with E-state index in [-0.39, 0.29) is 0 Å². The minimum atomic E-state index is 0.660. The summed E-state index contributed by atoms with van der Waals surface area (Å²) in [4.78, 5) is 4.21. The van der Waals surface area contributed by atoms with Crippen molar-refractivity contribution in [2.75, 3.05) is 0 Å². The van der Waals surface area contributed by atoms with Gasteiger partial charge in [0.05, 0.1) is 10.7 Å². The van der Waals surface area contributed by atoms with Crippen LogP contribution >= 0.6 is 23.2 Å². The monoisotopic (exact) mass is 223 g/mol. The van der Waals surface area contributed by atoms with Gasteiger partial charge in [0.25, 0.3) is 0 Å². The molecule has 1 nitrogen and oxygen atoms in total. The summed E-state index contributed by atoms with van der Waals surface area (Å²) in [5, 5.41) is 1.32. The van der Waals surface area contributed by atoms with Crippen LogP contribution in [0.15, 0.2) is 42.6 Å².